The Kier molecular flexibility index (Phi) is 3.80. The van der Waals surface area contributed by atoms with Crippen LogP contribution >= 0.6 is 0 Å². The van der Waals surface area contributed by atoms with Crippen LogP contribution < -0.4 is 5.32 Å². The van der Waals surface area contributed by atoms with E-state index in [1.165, 1.54) is 13.1 Å². The first-order chi connectivity index (χ1) is 5.80. The Hall–Kier alpha value is -0.830. The van der Waals surface area contributed by atoms with Crippen LogP contribution in [0.4, 0.5) is 0 Å². The molecular formula is C9H15NO2. The summed E-state index contributed by atoms with van der Waals surface area (Å²) in [7, 11) is 0. The van der Waals surface area contributed by atoms with Gasteiger partial charge in [0.1, 0.15) is 0 Å². The van der Waals surface area contributed by atoms with Crippen molar-refractivity contribution in [1.29, 1.82) is 0 Å². The number of carboxylic acid groups (broad SMARTS) is 1. The van der Waals surface area contributed by atoms with Crippen molar-refractivity contribution < 1.29 is 9.90 Å². The summed E-state index contributed by atoms with van der Waals surface area (Å²) in [6, 6.07) is 0. The number of hydrogen-bond acceptors (Lipinski definition) is 2. The summed E-state index contributed by atoms with van der Waals surface area (Å²) < 4.78 is 0. The van der Waals surface area contributed by atoms with Crippen LogP contribution in [0.3, 0.4) is 0 Å². The number of nitrogens with one attached hydrogen (secondary N) is 1. The van der Waals surface area contributed by atoms with E-state index in [9.17, 15) is 4.79 Å². The number of allylic oxidation sites excluding steroid dienone is 1. The zero-order chi connectivity index (χ0) is 8.81. The second kappa shape index (κ2) is 4.93. The molecular weight excluding hydrogens is 154 g/mol. The molecule has 1 heterocycles. The lowest BCUT2D eigenvalue weighted by molar-refractivity contribution is -0.140. The maximum Gasteiger partial charge on any atom is 0.310 e. The monoisotopic (exact) mass is 169 g/mol. The molecule has 68 valence electrons. The average Bonchev–Trinajstić information content (AvgIpc) is 2.92. The SMILES string of the molecule is C1CN1.O=C(O)C1C=CCCC1. The second-order valence-corrected chi connectivity index (χ2v) is 3.05. The van der Waals surface area contributed by atoms with Crippen LogP contribution in [0, 0.1) is 5.92 Å². The quantitative estimate of drug-likeness (QED) is 0.455. The van der Waals surface area contributed by atoms with Gasteiger partial charge in [-0.3, -0.25) is 4.79 Å². The smallest absolute Gasteiger partial charge is 0.310 e. The summed E-state index contributed by atoms with van der Waals surface area (Å²) in [4.78, 5) is 10.3. The van der Waals surface area contributed by atoms with Crippen LogP contribution in [0.25, 0.3) is 0 Å². The molecule has 0 aromatic carbocycles. The van der Waals surface area contributed by atoms with Crippen molar-refractivity contribution in [1.82, 2.24) is 5.32 Å². The molecule has 3 heteroatoms. The molecule has 1 atom stereocenters. The summed E-state index contributed by atoms with van der Waals surface area (Å²) in [6.45, 7) is 2.50. The van der Waals surface area contributed by atoms with Gasteiger partial charge < -0.3 is 10.4 Å². The van der Waals surface area contributed by atoms with E-state index < -0.39 is 5.97 Å². The molecule has 1 saturated heterocycles. The molecule has 1 fully saturated rings. The Labute approximate surface area is 72.5 Å². The highest BCUT2D eigenvalue weighted by molar-refractivity contribution is 5.72. The van der Waals surface area contributed by atoms with Gasteiger partial charge in [0.05, 0.1) is 5.92 Å². The molecule has 0 aromatic rings. The molecule has 1 aliphatic carbocycles. The van der Waals surface area contributed by atoms with Crippen molar-refractivity contribution >= 4 is 5.97 Å². The van der Waals surface area contributed by atoms with Crippen molar-refractivity contribution in [2.24, 2.45) is 5.92 Å². The van der Waals surface area contributed by atoms with E-state index in [-0.39, 0.29) is 5.92 Å². The van der Waals surface area contributed by atoms with E-state index >= 15 is 0 Å². The molecule has 1 aliphatic heterocycles. The standard InChI is InChI=1S/C7H10O2.C2H5N/c8-7(9)6-4-2-1-3-5-6;1-2-3-1/h2,4,6H,1,3,5H2,(H,8,9);3H,1-2H2. The molecule has 0 saturated carbocycles. The minimum Gasteiger partial charge on any atom is -0.481 e. The first-order valence-corrected chi connectivity index (χ1v) is 4.41. The fraction of sp³-hybridized carbons (Fsp3) is 0.667. The van der Waals surface area contributed by atoms with Gasteiger partial charge in [0.25, 0.3) is 0 Å². The molecule has 2 N–H and O–H groups in total. The third-order valence-electron chi connectivity index (χ3n) is 1.82. The van der Waals surface area contributed by atoms with Crippen molar-refractivity contribution in [3.05, 3.63) is 12.2 Å². The molecule has 2 rings (SSSR count). The zero-order valence-corrected chi connectivity index (χ0v) is 7.12. The highest BCUT2D eigenvalue weighted by Crippen LogP contribution is 2.16. The molecule has 0 aromatic heterocycles. The second-order valence-electron chi connectivity index (χ2n) is 3.05. The van der Waals surface area contributed by atoms with Gasteiger partial charge in [0.15, 0.2) is 0 Å². The van der Waals surface area contributed by atoms with E-state index in [0.29, 0.717) is 0 Å². The van der Waals surface area contributed by atoms with Crippen molar-refractivity contribution in [3.63, 3.8) is 0 Å². The Bertz CT molecular complexity index is 173. The zero-order valence-electron chi connectivity index (χ0n) is 7.12. The Morgan fingerprint density at radius 3 is 2.42 bits per heavy atom. The van der Waals surface area contributed by atoms with Gasteiger partial charge in [-0.25, -0.2) is 0 Å². The Morgan fingerprint density at radius 1 is 1.50 bits per heavy atom. The van der Waals surface area contributed by atoms with E-state index in [4.69, 9.17) is 5.11 Å². The lowest BCUT2D eigenvalue weighted by Crippen LogP contribution is -2.12. The van der Waals surface area contributed by atoms with Crippen molar-refractivity contribution in [2.75, 3.05) is 13.1 Å². The van der Waals surface area contributed by atoms with E-state index in [1.807, 2.05) is 6.08 Å². The largest absolute Gasteiger partial charge is 0.481 e. The first kappa shape index (κ1) is 9.26. The van der Waals surface area contributed by atoms with Crippen molar-refractivity contribution in [2.45, 2.75) is 19.3 Å². The lowest BCUT2D eigenvalue weighted by Gasteiger charge is -2.09. The number of rotatable bonds is 1. The summed E-state index contributed by atoms with van der Waals surface area (Å²) in [5.41, 5.74) is 0. The number of carbonyl (C=O) groups is 1. The fourth-order valence-corrected chi connectivity index (χ4v) is 1.02. The van der Waals surface area contributed by atoms with E-state index in [1.54, 1.807) is 6.08 Å². The maximum absolute atomic E-state index is 10.3. The van der Waals surface area contributed by atoms with Crippen LogP contribution in [0.5, 0.6) is 0 Å². The highest BCUT2D eigenvalue weighted by atomic mass is 16.4. The predicted octanol–water partition coefficient (Wildman–Crippen LogP) is 1.02. The third-order valence-corrected chi connectivity index (χ3v) is 1.82. The number of hydrogen-bond donors (Lipinski definition) is 2. The minimum atomic E-state index is -0.689. The van der Waals surface area contributed by atoms with Gasteiger partial charge in [-0.15, -0.1) is 0 Å². The summed E-state index contributed by atoms with van der Waals surface area (Å²) in [6.07, 6.45) is 6.61. The van der Waals surface area contributed by atoms with Gasteiger partial charge in [-0.05, 0) is 19.3 Å². The van der Waals surface area contributed by atoms with E-state index in [2.05, 4.69) is 5.32 Å². The third kappa shape index (κ3) is 4.13. The minimum absolute atomic E-state index is 0.209. The maximum atomic E-state index is 10.3. The van der Waals surface area contributed by atoms with Gasteiger partial charge in [0, 0.05) is 13.1 Å². The molecule has 3 nitrogen and oxygen atoms in total. The molecule has 0 bridgehead atoms. The van der Waals surface area contributed by atoms with Gasteiger partial charge in [-0.2, -0.15) is 0 Å². The summed E-state index contributed by atoms with van der Waals surface area (Å²) in [5, 5.41) is 11.5. The molecule has 0 radical (unpaired) electrons. The first-order valence-electron chi connectivity index (χ1n) is 4.41. The molecule has 12 heavy (non-hydrogen) atoms. The van der Waals surface area contributed by atoms with Crippen LogP contribution in [0.2, 0.25) is 0 Å². The predicted molar refractivity (Wildman–Crippen MR) is 47.0 cm³/mol. The summed E-state index contributed by atoms with van der Waals surface area (Å²) in [5.74, 6) is -0.898. The van der Waals surface area contributed by atoms with Crippen molar-refractivity contribution in [3.8, 4) is 0 Å². The van der Waals surface area contributed by atoms with Gasteiger partial charge >= 0.3 is 5.97 Å². The van der Waals surface area contributed by atoms with Crippen LogP contribution in [0.15, 0.2) is 12.2 Å². The number of aliphatic carboxylic acids is 1. The molecule has 1 unspecified atom stereocenters. The molecule has 0 amide bonds. The van der Waals surface area contributed by atoms with Crippen LogP contribution in [0.1, 0.15) is 19.3 Å². The fourth-order valence-electron chi connectivity index (χ4n) is 1.02. The van der Waals surface area contributed by atoms with Crippen LogP contribution in [-0.2, 0) is 4.79 Å². The number of carboxylic acids is 1. The van der Waals surface area contributed by atoms with Crippen LogP contribution in [-0.4, -0.2) is 24.2 Å². The molecule has 2 aliphatic rings. The molecule has 0 spiro atoms. The average molecular weight is 169 g/mol. The summed E-state index contributed by atoms with van der Waals surface area (Å²) >= 11 is 0. The lowest BCUT2D eigenvalue weighted by atomic mass is 9.96. The Morgan fingerprint density at radius 2 is 2.17 bits per heavy atom. The topological polar surface area (TPSA) is 59.2 Å². The van der Waals surface area contributed by atoms with Gasteiger partial charge in [-0.1, -0.05) is 12.2 Å². The van der Waals surface area contributed by atoms with Gasteiger partial charge in [0.2, 0.25) is 0 Å². The Balaban J connectivity index is 0.000000200. The highest BCUT2D eigenvalue weighted by Gasteiger charge is 2.14. The normalized spacial score (nSPS) is 25.5. The van der Waals surface area contributed by atoms with E-state index in [0.717, 1.165) is 19.3 Å².